The molecule has 0 bridgehead atoms. The van der Waals surface area contributed by atoms with Crippen LogP contribution in [0.5, 0.6) is 5.75 Å². The van der Waals surface area contributed by atoms with Gasteiger partial charge in [0.2, 0.25) is 0 Å². The van der Waals surface area contributed by atoms with Gasteiger partial charge in [0.25, 0.3) is 5.91 Å². The van der Waals surface area contributed by atoms with Crippen LogP contribution >= 0.6 is 0 Å². The first kappa shape index (κ1) is 24.6. The number of halogens is 2. The van der Waals surface area contributed by atoms with Gasteiger partial charge in [0.05, 0.1) is 11.8 Å². The van der Waals surface area contributed by atoms with Crippen molar-refractivity contribution in [3.8, 4) is 5.75 Å². The van der Waals surface area contributed by atoms with E-state index in [2.05, 4.69) is 0 Å². The van der Waals surface area contributed by atoms with Gasteiger partial charge in [-0.15, -0.1) is 0 Å². The minimum atomic E-state index is -0.385. The van der Waals surface area contributed by atoms with Crippen LogP contribution in [-0.4, -0.2) is 29.0 Å². The van der Waals surface area contributed by atoms with E-state index in [1.54, 1.807) is 48.5 Å². The Morgan fingerprint density at radius 2 is 1.62 bits per heavy atom. The summed E-state index contributed by atoms with van der Waals surface area (Å²) in [7, 11) is 0. The number of ketones is 1. The van der Waals surface area contributed by atoms with Crippen molar-refractivity contribution in [3.05, 3.63) is 107 Å². The molecular weight excluding hydrogens is 474 g/mol. The fourth-order valence-corrected chi connectivity index (χ4v) is 4.96. The van der Waals surface area contributed by atoms with Crippen LogP contribution in [0.2, 0.25) is 0 Å². The Bertz CT molecular complexity index is 1360. The standard InChI is InChI=1S/C30H26F2N2O3/c1-19(35)21-9-15-26(16-10-21)37-18-28(36)34-30(22-7-13-25(32)14-8-22)27-4-2-3-23(29(27)33-34)17-20-5-11-24(31)12-6-20/h5-17,27,30H,2-4,18H2,1H3/b23-17-/t27-,30-/m1/s1. The lowest BCUT2D eigenvalue weighted by atomic mass is 9.77. The third kappa shape index (κ3) is 5.35. The minimum Gasteiger partial charge on any atom is -0.484 e. The fourth-order valence-electron chi connectivity index (χ4n) is 4.96. The predicted molar refractivity (Wildman–Crippen MR) is 137 cm³/mol. The molecule has 0 spiro atoms. The Balaban J connectivity index is 1.43. The zero-order valence-electron chi connectivity index (χ0n) is 20.4. The molecule has 1 saturated carbocycles. The molecule has 0 aromatic heterocycles. The van der Waals surface area contributed by atoms with Crippen LogP contribution < -0.4 is 4.74 Å². The summed E-state index contributed by atoms with van der Waals surface area (Å²) in [4.78, 5) is 24.9. The van der Waals surface area contributed by atoms with Crippen LogP contribution in [-0.2, 0) is 4.79 Å². The fraction of sp³-hybridized carbons (Fsp3) is 0.233. The average Bonchev–Trinajstić information content (AvgIpc) is 3.30. The molecule has 2 atom stereocenters. The highest BCUT2D eigenvalue weighted by Crippen LogP contribution is 2.44. The van der Waals surface area contributed by atoms with Crippen molar-refractivity contribution >= 4 is 23.5 Å². The quantitative estimate of drug-likeness (QED) is 0.370. The largest absolute Gasteiger partial charge is 0.484 e. The Kier molecular flexibility index (Phi) is 6.95. The first-order valence-electron chi connectivity index (χ1n) is 12.3. The van der Waals surface area contributed by atoms with E-state index in [0.717, 1.165) is 41.7 Å². The predicted octanol–water partition coefficient (Wildman–Crippen LogP) is 6.37. The van der Waals surface area contributed by atoms with Gasteiger partial charge in [-0.2, -0.15) is 5.10 Å². The number of nitrogens with zero attached hydrogens (tertiary/aromatic N) is 2. The van der Waals surface area contributed by atoms with Crippen LogP contribution in [0.4, 0.5) is 8.78 Å². The third-order valence-corrected chi connectivity index (χ3v) is 6.80. The van der Waals surface area contributed by atoms with Crippen molar-refractivity contribution in [1.82, 2.24) is 5.01 Å². The number of rotatable bonds is 6. The Labute approximate surface area is 214 Å². The van der Waals surface area contributed by atoms with E-state index in [1.165, 1.54) is 36.2 Å². The number of hydrogen-bond acceptors (Lipinski definition) is 4. The van der Waals surface area contributed by atoms with Crippen LogP contribution in [0.1, 0.15) is 53.7 Å². The van der Waals surface area contributed by atoms with Crippen molar-refractivity contribution < 1.29 is 23.1 Å². The Morgan fingerprint density at radius 3 is 2.27 bits per heavy atom. The summed E-state index contributed by atoms with van der Waals surface area (Å²) >= 11 is 0. The summed E-state index contributed by atoms with van der Waals surface area (Å²) in [6, 6.07) is 18.7. The Hall–Kier alpha value is -4.13. The van der Waals surface area contributed by atoms with E-state index in [4.69, 9.17) is 9.84 Å². The maximum Gasteiger partial charge on any atom is 0.281 e. The summed E-state index contributed by atoms with van der Waals surface area (Å²) in [6.07, 6.45) is 4.53. The summed E-state index contributed by atoms with van der Waals surface area (Å²) in [6.45, 7) is 1.25. The molecule has 5 nitrogen and oxygen atoms in total. The SMILES string of the molecule is CC(=O)c1ccc(OCC(=O)N2N=C3/C(=C\c4ccc(F)cc4)CCC[C@H]3[C@H]2c2ccc(F)cc2)cc1. The topological polar surface area (TPSA) is 59.0 Å². The van der Waals surface area contributed by atoms with Crippen LogP contribution in [0.25, 0.3) is 6.08 Å². The van der Waals surface area contributed by atoms with Gasteiger partial charge in [0, 0.05) is 11.5 Å². The molecule has 0 radical (unpaired) electrons. The molecule has 0 saturated heterocycles. The molecule has 188 valence electrons. The van der Waals surface area contributed by atoms with Gasteiger partial charge in [-0.05, 0) is 97.5 Å². The number of hydrazone groups is 1. The first-order valence-corrected chi connectivity index (χ1v) is 12.3. The maximum atomic E-state index is 13.7. The molecule has 0 N–H and O–H groups in total. The summed E-state index contributed by atoms with van der Waals surface area (Å²) in [5.74, 6) is -0.607. The number of hydrogen-bond donors (Lipinski definition) is 0. The zero-order valence-corrected chi connectivity index (χ0v) is 20.4. The molecule has 2 aliphatic rings. The number of benzene rings is 3. The molecule has 1 fully saturated rings. The maximum absolute atomic E-state index is 13.7. The molecular formula is C30H26F2N2O3. The van der Waals surface area contributed by atoms with Crippen molar-refractivity contribution in [2.45, 2.75) is 32.2 Å². The van der Waals surface area contributed by atoms with E-state index in [9.17, 15) is 18.4 Å². The molecule has 3 aromatic carbocycles. The second-order valence-electron chi connectivity index (χ2n) is 9.31. The highest BCUT2D eigenvalue weighted by Gasteiger charge is 2.43. The number of amides is 1. The summed E-state index contributed by atoms with van der Waals surface area (Å²) in [5, 5.41) is 6.23. The van der Waals surface area contributed by atoms with Gasteiger partial charge < -0.3 is 4.74 Å². The second-order valence-corrected chi connectivity index (χ2v) is 9.31. The lowest BCUT2D eigenvalue weighted by Gasteiger charge is -2.29. The van der Waals surface area contributed by atoms with Crippen molar-refractivity contribution in [3.63, 3.8) is 0 Å². The highest BCUT2D eigenvalue weighted by atomic mass is 19.1. The average molecular weight is 501 g/mol. The van der Waals surface area contributed by atoms with Gasteiger partial charge >= 0.3 is 0 Å². The van der Waals surface area contributed by atoms with Crippen molar-refractivity contribution in [2.75, 3.05) is 6.61 Å². The normalized spacial score (nSPS) is 19.9. The molecule has 0 unspecified atom stereocenters. The first-order chi connectivity index (χ1) is 17.9. The van der Waals surface area contributed by atoms with Crippen molar-refractivity contribution in [1.29, 1.82) is 0 Å². The number of ether oxygens (including phenoxy) is 1. The van der Waals surface area contributed by atoms with Crippen LogP contribution in [0.3, 0.4) is 0 Å². The lowest BCUT2D eigenvalue weighted by Crippen LogP contribution is -2.34. The van der Waals surface area contributed by atoms with Gasteiger partial charge in [-0.25, -0.2) is 13.8 Å². The molecule has 1 aliphatic heterocycles. The zero-order chi connectivity index (χ0) is 25.9. The van der Waals surface area contributed by atoms with Gasteiger partial charge in [0.1, 0.15) is 17.4 Å². The minimum absolute atomic E-state index is 0.0511. The number of fused-ring (bicyclic) bond motifs is 1. The summed E-state index contributed by atoms with van der Waals surface area (Å²) < 4.78 is 32.8. The lowest BCUT2D eigenvalue weighted by molar-refractivity contribution is -0.135. The van der Waals surface area contributed by atoms with Gasteiger partial charge in [-0.3, -0.25) is 9.59 Å². The number of allylic oxidation sites excluding steroid dienone is 1. The third-order valence-electron chi connectivity index (χ3n) is 6.80. The molecule has 3 aromatic rings. The molecule has 7 heteroatoms. The van der Waals surface area contributed by atoms with Gasteiger partial charge in [0.15, 0.2) is 12.4 Å². The van der Waals surface area contributed by atoms with E-state index >= 15 is 0 Å². The number of carbonyl (C=O) groups excluding carboxylic acids is 2. The van der Waals surface area contributed by atoms with E-state index in [1.807, 2.05) is 6.08 Å². The number of Topliss-reactive ketones (excluding diaryl/α,β-unsaturated/α-hetero) is 1. The molecule has 37 heavy (non-hydrogen) atoms. The van der Waals surface area contributed by atoms with Crippen molar-refractivity contribution in [2.24, 2.45) is 11.0 Å². The second kappa shape index (κ2) is 10.5. The molecule has 1 aliphatic carbocycles. The smallest absolute Gasteiger partial charge is 0.281 e. The Morgan fingerprint density at radius 1 is 0.973 bits per heavy atom. The highest BCUT2D eigenvalue weighted by molar-refractivity contribution is 6.08. The van der Waals surface area contributed by atoms with Gasteiger partial charge in [-0.1, -0.05) is 24.3 Å². The van der Waals surface area contributed by atoms with E-state index in [0.29, 0.717) is 11.3 Å². The molecule has 1 amide bonds. The van der Waals surface area contributed by atoms with E-state index in [-0.39, 0.29) is 41.9 Å². The summed E-state index contributed by atoms with van der Waals surface area (Å²) in [5.41, 5.74) is 4.05. The van der Waals surface area contributed by atoms with E-state index < -0.39 is 0 Å². The number of carbonyl (C=O) groups is 2. The van der Waals surface area contributed by atoms with Crippen LogP contribution in [0, 0.1) is 17.6 Å². The molecule has 1 heterocycles. The molecule has 5 rings (SSSR count). The monoisotopic (exact) mass is 500 g/mol. The van der Waals surface area contributed by atoms with Crippen LogP contribution in [0.15, 0.2) is 83.5 Å².